The zero-order valence-electron chi connectivity index (χ0n) is 53.6. The average Bonchev–Trinajstić information content (AvgIpc) is 3.46. The summed E-state index contributed by atoms with van der Waals surface area (Å²) in [5.74, 6) is -3.24. The fourth-order valence-electron chi connectivity index (χ4n) is 9.65. The normalized spacial score (nSPS) is 18.2. The Bertz CT molecular complexity index is 1890. The zero-order valence-corrected chi connectivity index (χ0v) is 53.6. The van der Waals surface area contributed by atoms with Crippen molar-refractivity contribution in [1.82, 2.24) is 0 Å². The van der Waals surface area contributed by atoms with Gasteiger partial charge < -0.3 is 39.0 Å². The number of aliphatic hydroxyl groups is 2. The maximum atomic E-state index is 13.2. The highest BCUT2D eigenvalue weighted by molar-refractivity contribution is 5.74. The van der Waals surface area contributed by atoms with E-state index < -0.39 is 67.3 Å². The number of unbranched alkanes of at least 4 members (excludes halogenated alkanes) is 25. The Balaban J connectivity index is 2.70. The first kappa shape index (κ1) is 78.4. The van der Waals surface area contributed by atoms with E-state index in [1.807, 2.05) is 12.2 Å². The number of aliphatic hydroxyl groups excluding tert-OH is 2. The molecule has 0 saturated carbocycles. The third-order valence-corrected chi connectivity index (χ3v) is 14.8. The van der Waals surface area contributed by atoms with Crippen LogP contribution in [0.15, 0.2) is 109 Å². The molecule has 3 N–H and O–H groups in total. The van der Waals surface area contributed by atoms with Gasteiger partial charge in [0.15, 0.2) is 24.6 Å². The Morgan fingerprint density at radius 1 is 0.400 bits per heavy atom. The summed E-state index contributed by atoms with van der Waals surface area (Å²) >= 11 is 0. The number of carbonyl (C=O) groups is 4. The number of carboxylic acid groups (broad SMARTS) is 1. The van der Waals surface area contributed by atoms with Crippen LogP contribution in [0.25, 0.3) is 0 Å². The summed E-state index contributed by atoms with van der Waals surface area (Å²) in [6.45, 7) is 5.81. The van der Waals surface area contributed by atoms with Crippen molar-refractivity contribution in [2.24, 2.45) is 0 Å². The van der Waals surface area contributed by atoms with Gasteiger partial charge in [-0.05, 0) is 116 Å². The summed E-state index contributed by atoms with van der Waals surface area (Å²) in [5.41, 5.74) is 0. The minimum atomic E-state index is -1.92. The van der Waals surface area contributed by atoms with Gasteiger partial charge in [0.25, 0.3) is 0 Å². The summed E-state index contributed by atoms with van der Waals surface area (Å²) in [6, 6.07) is 0. The number of aliphatic carboxylic acids is 1. The number of allylic oxidation sites excluding steroid dienone is 18. The number of esters is 3. The summed E-state index contributed by atoms with van der Waals surface area (Å²) in [4.78, 5) is 51.4. The summed E-state index contributed by atoms with van der Waals surface area (Å²) in [7, 11) is 0. The predicted molar refractivity (Wildman–Crippen MR) is 349 cm³/mol. The van der Waals surface area contributed by atoms with Crippen molar-refractivity contribution in [3.8, 4) is 0 Å². The van der Waals surface area contributed by atoms with Gasteiger partial charge in [-0.3, -0.25) is 14.4 Å². The van der Waals surface area contributed by atoms with Crippen LogP contribution in [0, 0.1) is 0 Å². The molecular formula is C73H120O12. The minimum Gasteiger partial charge on any atom is -0.479 e. The van der Waals surface area contributed by atoms with Gasteiger partial charge in [-0.2, -0.15) is 0 Å². The SMILES string of the molecule is CC/C=C\C/C=C\C/C=C\C/C=C\C/C=C\C/C=C\CCC(=O)OCC(COC1OC(C(=O)O)C(O)C(O)C1OC(=O)CCCCCCCCC/C=C\C/C=C\CCCCC)OC(=O)CCCCCCCCCCC/C=C\CCCCCCCC. The van der Waals surface area contributed by atoms with E-state index in [0.29, 0.717) is 19.3 Å². The van der Waals surface area contributed by atoms with E-state index in [0.717, 1.165) is 128 Å². The lowest BCUT2D eigenvalue weighted by Crippen LogP contribution is -2.61. The highest BCUT2D eigenvalue weighted by Gasteiger charge is 2.50. The molecule has 0 amide bonds. The van der Waals surface area contributed by atoms with Crippen LogP contribution in [0.4, 0.5) is 0 Å². The van der Waals surface area contributed by atoms with Crippen LogP contribution in [0.2, 0.25) is 0 Å². The van der Waals surface area contributed by atoms with Crippen molar-refractivity contribution in [3.05, 3.63) is 109 Å². The lowest BCUT2D eigenvalue weighted by molar-refractivity contribution is -0.301. The van der Waals surface area contributed by atoms with Crippen molar-refractivity contribution in [2.75, 3.05) is 13.2 Å². The lowest BCUT2D eigenvalue weighted by Gasteiger charge is -2.40. The molecule has 6 unspecified atom stereocenters. The largest absolute Gasteiger partial charge is 0.479 e. The van der Waals surface area contributed by atoms with E-state index in [2.05, 4.69) is 118 Å². The molecule has 12 nitrogen and oxygen atoms in total. The molecule has 0 aromatic carbocycles. The highest BCUT2D eigenvalue weighted by atomic mass is 16.7. The Morgan fingerprint density at radius 2 is 0.765 bits per heavy atom. The van der Waals surface area contributed by atoms with Crippen molar-refractivity contribution >= 4 is 23.9 Å². The van der Waals surface area contributed by atoms with Gasteiger partial charge in [0, 0.05) is 19.3 Å². The third kappa shape index (κ3) is 49.1. The standard InChI is InChI=1S/C73H120O12/c1-4-7-10-13-16-19-22-25-28-31-33-36-38-41-44-47-50-53-56-59-65(74)81-62-64(83-66(75)60-57-54-51-48-45-42-40-37-34-32-29-26-23-20-17-14-11-8-5-2)63-82-73-71(69(78)68(77)70(85-73)72(79)80)84-67(76)61-58-55-52-49-46-43-39-35-30-27-24-21-18-15-12-9-6-3/h7,10,16,18-19,21,25-30,33,36,41,44,50,53,64,68-71,73,77-78H,4-6,8-9,11-15,17,20,22-24,31-32,34-35,37-40,42-43,45-49,51-52,54-63H2,1-3H3,(H,79,80)/b10-7-,19-16-,21-18-,28-25-,29-26-,30-27-,36-33-,44-41-,53-50-. The molecule has 0 spiro atoms. The van der Waals surface area contributed by atoms with Gasteiger partial charge >= 0.3 is 23.9 Å². The molecule has 0 aliphatic carbocycles. The molecule has 1 aliphatic heterocycles. The summed E-state index contributed by atoms with van der Waals surface area (Å²) in [5, 5.41) is 31.6. The molecule has 0 radical (unpaired) electrons. The minimum absolute atomic E-state index is 0.0402. The molecule has 0 aromatic rings. The molecule has 1 heterocycles. The molecule has 0 aromatic heterocycles. The monoisotopic (exact) mass is 1190 g/mol. The molecule has 6 atom stereocenters. The maximum absolute atomic E-state index is 13.2. The summed E-state index contributed by atoms with van der Waals surface area (Å²) < 4.78 is 28.5. The van der Waals surface area contributed by atoms with Gasteiger partial charge in [0.1, 0.15) is 18.8 Å². The van der Waals surface area contributed by atoms with E-state index in [-0.39, 0.29) is 25.9 Å². The zero-order chi connectivity index (χ0) is 61.7. The number of ether oxygens (including phenoxy) is 5. The van der Waals surface area contributed by atoms with Gasteiger partial charge in [0.2, 0.25) is 0 Å². The number of carbonyl (C=O) groups excluding carboxylic acids is 3. The molecule has 1 fully saturated rings. The molecule has 12 heteroatoms. The van der Waals surface area contributed by atoms with Crippen LogP contribution in [-0.2, 0) is 42.9 Å². The molecule has 85 heavy (non-hydrogen) atoms. The second kappa shape index (κ2) is 59.7. The first-order valence-electron chi connectivity index (χ1n) is 33.9. The number of carboxylic acids is 1. The van der Waals surface area contributed by atoms with Crippen molar-refractivity contribution in [3.63, 3.8) is 0 Å². The quantitative estimate of drug-likeness (QED) is 0.0228. The van der Waals surface area contributed by atoms with E-state index in [1.165, 1.54) is 89.9 Å². The fraction of sp³-hybridized carbons (Fsp3) is 0.699. The van der Waals surface area contributed by atoms with E-state index >= 15 is 0 Å². The topological polar surface area (TPSA) is 175 Å². The second-order valence-corrected chi connectivity index (χ2v) is 22.7. The number of rotatable bonds is 57. The van der Waals surface area contributed by atoms with Gasteiger partial charge in [0.05, 0.1) is 6.61 Å². The van der Waals surface area contributed by atoms with Crippen LogP contribution in [-0.4, -0.2) is 89.2 Å². The predicted octanol–water partition coefficient (Wildman–Crippen LogP) is 18.6. The van der Waals surface area contributed by atoms with Crippen molar-refractivity contribution < 1.29 is 58.2 Å². The molecule has 0 bridgehead atoms. The molecule has 1 rings (SSSR count). The van der Waals surface area contributed by atoms with Crippen LogP contribution in [0.1, 0.15) is 278 Å². The van der Waals surface area contributed by atoms with E-state index in [4.69, 9.17) is 23.7 Å². The van der Waals surface area contributed by atoms with Gasteiger partial charge in [-0.1, -0.05) is 252 Å². The first-order chi connectivity index (χ1) is 41.6. The Morgan fingerprint density at radius 3 is 1.21 bits per heavy atom. The number of hydrogen-bond acceptors (Lipinski definition) is 11. The Kier molecular flexibility index (Phi) is 55.1. The highest BCUT2D eigenvalue weighted by Crippen LogP contribution is 2.27. The summed E-state index contributed by atoms with van der Waals surface area (Å²) in [6.07, 6.45) is 69.1. The van der Waals surface area contributed by atoms with Gasteiger partial charge in [-0.25, -0.2) is 4.79 Å². The van der Waals surface area contributed by atoms with Gasteiger partial charge in [-0.15, -0.1) is 0 Å². The van der Waals surface area contributed by atoms with E-state index in [9.17, 15) is 34.5 Å². The lowest BCUT2D eigenvalue weighted by atomic mass is 9.98. The van der Waals surface area contributed by atoms with Crippen LogP contribution >= 0.6 is 0 Å². The average molecular weight is 1190 g/mol. The maximum Gasteiger partial charge on any atom is 0.335 e. The fourth-order valence-corrected chi connectivity index (χ4v) is 9.65. The molecular weight excluding hydrogens is 1070 g/mol. The van der Waals surface area contributed by atoms with Crippen molar-refractivity contribution in [2.45, 2.75) is 314 Å². The molecule has 1 aliphatic rings. The molecule has 1 saturated heterocycles. The smallest absolute Gasteiger partial charge is 0.335 e. The van der Waals surface area contributed by atoms with E-state index in [1.54, 1.807) is 0 Å². The second-order valence-electron chi connectivity index (χ2n) is 22.7. The Labute approximate surface area is 516 Å². The number of hydrogen-bond donors (Lipinski definition) is 3. The van der Waals surface area contributed by atoms with Crippen molar-refractivity contribution in [1.29, 1.82) is 0 Å². The molecule has 484 valence electrons. The van der Waals surface area contributed by atoms with Crippen LogP contribution in [0.5, 0.6) is 0 Å². The van der Waals surface area contributed by atoms with Crippen LogP contribution in [0.3, 0.4) is 0 Å². The first-order valence-corrected chi connectivity index (χ1v) is 33.9. The third-order valence-electron chi connectivity index (χ3n) is 14.8. The Hall–Kier alpha value is -4.62. The van der Waals surface area contributed by atoms with Crippen LogP contribution < -0.4 is 0 Å².